The quantitative estimate of drug-likeness (QED) is 0.885. The van der Waals surface area contributed by atoms with Gasteiger partial charge in [0.15, 0.2) is 0 Å². The number of carbonyl (C=O) groups is 1. The third-order valence-corrected chi connectivity index (χ3v) is 5.37. The van der Waals surface area contributed by atoms with Crippen LogP contribution in [-0.4, -0.2) is 44.1 Å². The minimum absolute atomic E-state index is 0. The first kappa shape index (κ1) is 19.1. The molecule has 24 heavy (non-hydrogen) atoms. The number of aryl methyl sites for hydroxylation is 1. The number of nitrogens with one attached hydrogen (secondary N) is 1. The van der Waals surface area contributed by atoms with E-state index < -0.39 is 0 Å². The van der Waals surface area contributed by atoms with E-state index in [1.807, 2.05) is 12.1 Å². The van der Waals surface area contributed by atoms with Crippen molar-refractivity contribution in [1.82, 2.24) is 10.2 Å². The topological polar surface area (TPSA) is 41.6 Å². The largest absolute Gasteiger partial charge is 0.497 e. The SMILES string of the molecule is COc1ccc(CCCC(=O)N2CCC3(CCCNC3)C2)cc1.Cl. The number of likely N-dealkylation sites (tertiary alicyclic amines) is 1. The minimum Gasteiger partial charge on any atom is -0.497 e. The molecule has 1 aromatic carbocycles. The first-order chi connectivity index (χ1) is 11.2. The highest BCUT2D eigenvalue weighted by atomic mass is 35.5. The number of methoxy groups -OCH3 is 1. The number of benzene rings is 1. The zero-order chi connectivity index (χ0) is 16.1. The fraction of sp³-hybridized carbons (Fsp3) is 0.632. The van der Waals surface area contributed by atoms with Crippen LogP contribution in [0.15, 0.2) is 24.3 Å². The normalized spacial score (nSPS) is 23.1. The lowest BCUT2D eigenvalue weighted by atomic mass is 9.80. The molecule has 2 fully saturated rings. The van der Waals surface area contributed by atoms with Gasteiger partial charge in [-0.1, -0.05) is 12.1 Å². The van der Waals surface area contributed by atoms with E-state index in [4.69, 9.17) is 4.74 Å². The maximum Gasteiger partial charge on any atom is 0.222 e. The molecule has 1 atom stereocenters. The summed E-state index contributed by atoms with van der Waals surface area (Å²) in [6.45, 7) is 4.13. The van der Waals surface area contributed by atoms with E-state index in [-0.39, 0.29) is 12.4 Å². The van der Waals surface area contributed by atoms with Gasteiger partial charge in [0.25, 0.3) is 0 Å². The summed E-state index contributed by atoms with van der Waals surface area (Å²) >= 11 is 0. The van der Waals surface area contributed by atoms with E-state index in [0.29, 0.717) is 17.7 Å². The molecule has 2 heterocycles. The van der Waals surface area contributed by atoms with Crippen LogP contribution in [0.1, 0.15) is 37.7 Å². The van der Waals surface area contributed by atoms with E-state index in [0.717, 1.165) is 44.8 Å². The van der Waals surface area contributed by atoms with Crippen LogP contribution >= 0.6 is 12.4 Å². The number of halogens is 1. The molecule has 0 aromatic heterocycles. The lowest BCUT2D eigenvalue weighted by molar-refractivity contribution is -0.130. The molecular weight excluding hydrogens is 324 g/mol. The lowest BCUT2D eigenvalue weighted by Crippen LogP contribution is -2.42. The van der Waals surface area contributed by atoms with Crippen LogP contribution in [-0.2, 0) is 11.2 Å². The molecule has 1 N–H and O–H groups in total. The molecule has 134 valence electrons. The fourth-order valence-electron chi connectivity index (χ4n) is 3.92. The van der Waals surface area contributed by atoms with E-state index in [2.05, 4.69) is 22.3 Å². The zero-order valence-corrected chi connectivity index (χ0v) is 15.4. The highest BCUT2D eigenvalue weighted by Gasteiger charge is 2.40. The molecule has 0 radical (unpaired) electrons. The molecule has 2 aliphatic rings. The lowest BCUT2D eigenvalue weighted by Gasteiger charge is -2.33. The van der Waals surface area contributed by atoms with Gasteiger partial charge in [0, 0.05) is 31.5 Å². The average Bonchev–Trinajstić information content (AvgIpc) is 2.99. The molecule has 3 rings (SSSR count). The van der Waals surface area contributed by atoms with Crippen LogP contribution in [0.2, 0.25) is 0 Å². The first-order valence-corrected chi connectivity index (χ1v) is 8.82. The average molecular weight is 353 g/mol. The Morgan fingerprint density at radius 1 is 1.29 bits per heavy atom. The summed E-state index contributed by atoms with van der Waals surface area (Å²) in [6, 6.07) is 8.14. The highest BCUT2D eigenvalue weighted by Crippen LogP contribution is 2.36. The Balaban J connectivity index is 0.00000208. The van der Waals surface area contributed by atoms with Crippen molar-refractivity contribution in [2.24, 2.45) is 5.41 Å². The molecule has 5 heteroatoms. The summed E-state index contributed by atoms with van der Waals surface area (Å²) in [6.07, 6.45) is 6.23. The van der Waals surface area contributed by atoms with E-state index in [1.54, 1.807) is 7.11 Å². The number of carbonyl (C=O) groups excluding carboxylic acids is 1. The summed E-state index contributed by atoms with van der Waals surface area (Å²) in [7, 11) is 1.68. The molecular formula is C19H29ClN2O2. The van der Waals surface area contributed by atoms with Crippen molar-refractivity contribution >= 4 is 18.3 Å². The summed E-state index contributed by atoms with van der Waals surface area (Å²) < 4.78 is 5.17. The number of nitrogens with zero attached hydrogens (tertiary/aromatic N) is 1. The third-order valence-electron chi connectivity index (χ3n) is 5.37. The summed E-state index contributed by atoms with van der Waals surface area (Å²) in [5.41, 5.74) is 1.64. The number of rotatable bonds is 5. The van der Waals surface area contributed by atoms with Crippen molar-refractivity contribution in [3.63, 3.8) is 0 Å². The smallest absolute Gasteiger partial charge is 0.222 e. The van der Waals surface area contributed by atoms with Gasteiger partial charge in [-0.3, -0.25) is 4.79 Å². The Morgan fingerprint density at radius 3 is 2.75 bits per heavy atom. The molecule has 2 aliphatic heterocycles. The van der Waals surface area contributed by atoms with Crippen molar-refractivity contribution in [2.75, 3.05) is 33.3 Å². The van der Waals surface area contributed by atoms with E-state index in [9.17, 15) is 4.79 Å². The van der Waals surface area contributed by atoms with Crippen molar-refractivity contribution < 1.29 is 9.53 Å². The van der Waals surface area contributed by atoms with Crippen LogP contribution < -0.4 is 10.1 Å². The Labute approximate surface area is 151 Å². The second-order valence-electron chi connectivity index (χ2n) is 7.05. The molecule has 0 bridgehead atoms. The van der Waals surface area contributed by atoms with Gasteiger partial charge in [0.05, 0.1) is 7.11 Å². The number of amides is 1. The van der Waals surface area contributed by atoms with Gasteiger partial charge in [0.1, 0.15) is 5.75 Å². The summed E-state index contributed by atoms with van der Waals surface area (Å²) in [5, 5.41) is 3.50. The predicted molar refractivity (Wildman–Crippen MR) is 98.9 cm³/mol. The van der Waals surface area contributed by atoms with Crippen molar-refractivity contribution in [1.29, 1.82) is 0 Å². The molecule has 1 amide bonds. The third kappa shape index (κ3) is 4.64. The molecule has 0 aliphatic carbocycles. The van der Waals surface area contributed by atoms with Gasteiger partial charge in [-0.25, -0.2) is 0 Å². The number of hydrogen-bond donors (Lipinski definition) is 1. The zero-order valence-electron chi connectivity index (χ0n) is 14.6. The molecule has 1 aromatic rings. The van der Waals surface area contributed by atoms with Crippen LogP contribution in [0.25, 0.3) is 0 Å². The summed E-state index contributed by atoms with van der Waals surface area (Å²) in [5.74, 6) is 1.22. The monoisotopic (exact) mass is 352 g/mol. The fourth-order valence-corrected chi connectivity index (χ4v) is 3.92. The summed E-state index contributed by atoms with van der Waals surface area (Å²) in [4.78, 5) is 14.5. The van der Waals surface area contributed by atoms with Gasteiger partial charge in [-0.05, 0) is 56.3 Å². The predicted octanol–water partition coefficient (Wildman–Crippen LogP) is 3.04. The van der Waals surface area contributed by atoms with Crippen LogP contribution in [0.3, 0.4) is 0 Å². The van der Waals surface area contributed by atoms with Crippen molar-refractivity contribution in [3.8, 4) is 5.75 Å². The molecule has 2 saturated heterocycles. The molecule has 1 unspecified atom stereocenters. The van der Waals surface area contributed by atoms with Crippen LogP contribution in [0.4, 0.5) is 0 Å². The molecule has 1 spiro atoms. The van der Waals surface area contributed by atoms with Crippen molar-refractivity contribution in [2.45, 2.75) is 38.5 Å². The van der Waals surface area contributed by atoms with E-state index >= 15 is 0 Å². The van der Waals surface area contributed by atoms with Crippen molar-refractivity contribution in [3.05, 3.63) is 29.8 Å². The maximum absolute atomic E-state index is 12.4. The second-order valence-corrected chi connectivity index (χ2v) is 7.05. The Kier molecular flexibility index (Phi) is 6.93. The van der Waals surface area contributed by atoms with Gasteiger partial charge in [-0.15, -0.1) is 12.4 Å². The van der Waals surface area contributed by atoms with Crippen LogP contribution in [0, 0.1) is 5.41 Å². The second kappa shape index (κ2) is 8.72. The standard InChI is InChI=1S/C19H28N2O2.ClH/c1-23-17-8-6-16(7-9-17)4-2-5-18(22)21-13-11-19(15-21)10-3-12-20-14-19;/h6-9,20H,2-5,10-15H2,1H3;1H. The number of piperidine rings is 1. The first-order valence-electron chi connectivity index (χ1n) is 8.82. The minimum atomic E-state index is 0. The highest BCUT2D eigenvalue weighted by molar-refractivity contribution is 5.85. The van der Waals surface area contributed by atoms with E-state index in [1.165, 1.54) is 24.8 Å². The Hall–Kier alpha value is -1.26. The number of ether oxygens (including phenoxy) is 1. The molecule has 4 nitrogen and oxygen atoms in total. The van der Waals surface area contributed by atoms with Gasteiger partial charge < -0.3 is 15.0 Å². The van der Waals surface area contributed by atoms with Gasteiger partial charge >= 0.3 is 0 Å². The molecule has 0 saturated carbocycles. The van der Waals surface area contributed by atoms with Gasteiger partial charge in [-0.2, -0.15) is 0 Å². The van der Waals surface area contributed by atoms with Crippen LogP contribution in [0.5, 0.6) is 5.75 Å². The maximum atomic E-state index is 12.4. The Bertz CT molecular complexity index is 527. The Morgan fingerprint density at radius 2 is 2.08 bits per heavy atom. The number of hydrogen-bond acceptors (Lipinski definition) is 3. The van der Waals surface area contributed by atoms with Gasteiger partial charge in [0.2, 0.25) is 5.91 Å².